The number of hydrogen-bond acceptors (Lipinski definition) is 7. The van der Waals surface area contributed by atoms with E-state index in [1.54, 1.807) is 36.0 Å². The average Bonchev–Trinajstić information content (AvgIpc) is 3.46. The van der Waals surface area contributed by atoms with Crippen LogP contribution in [-0.4, -0.2) is 49.4 Å². The number of aryl methyl sites for hydroxylation is 1. The van der Waals surface area contributed by atoms with Gasteiger partial charge in [0.05, 0.1) is 18.9 Å². The molecule has 168 valence electrons. The van der Waals surface area contributed by atoms with Gasteiger partial charge in [-0.1, -0.05) is 29.4 Å². The Morgan fingerprint density at radius 1 is 1.21 bits per heavy atom. The average molecular weight is 448 g/mol. The fourth-order valence-corrected chi connectivity index (χ4v) is 4.45. The Labute approximate surface area is 188 Å². The van der Waals surface area contributed by atoms with Crippen molar-refractivity contribution < 1.29 is 18.4 Å². The van der Waals surface area contributed by atoms with Gasteiger partial charge in [0.25, 0.3) is 0 Å². The van der Waals surface area contributed by atoms with Gasteiger partial charge in [-0.25, -0.2) is 9.67 Å². The Morgan fingerprint density at radius 2 is 2.03 bits per heavy atom. The highest BCUT2D eigenvalue weighted by molar-refractivity contribution is 5.90. The molecule has 1 aromatic carbocycles. The summed E-state index contributed by atoms with van der Waals surface area (Å²) < 4.78 is 26.5. The highest BCUT2D eigenvalue weighted by Crippen LogP contribution is 2.43. The third kappa shape index (κ3) is 3.34. The highest BCUT2D eigenvalue weighted by atomic mass is 19.1. The molecule has 0 fully saturated rings. The van der Waals surface area contributed by atoms with Crippen LogP contribution < -0.4 is 4.74 Å². The number of ether oxygens (including phenoxy) is 1. The lowest BCUT2D eigenvalue weighted by Gasteiger charge is -2.41. The molecule has 1 aliphatic rings. The van der Waals surface area contributed by atoms with Crippen LogP contribution in [0.15, 0.2) is 53.3 Å². The number of methoxy groups -OCH3 is 1. The third-order valence-corrected chi connectivity index (χ3v) is 6.05. The number of benzene rings is 1. The predicted octanol–water partition coefficient (Wildman–Crippen LogP) is 2.97. The molecule has 0 N–H and O–H groups in total. The maximum absolute atomic E-state index is 14.0. The van der Waals surface area contributed by atoms with E-state index in [1.807, 2.05) is 18.2 Å². The Hall–Kier alpha value is -4.08. The zero-order valence-corrected chi connectivity index (χ0v) is 18.3. The van der Waals surface area contributed by atoms with Crippen molar-refractivity contribution in [2.75, 3.05) is 13.7 Å². The summed E-state index contributed by atoms with van der Waals surface area (Å²) in [5, 5.41) is 8.15. The monoisotopic (exact) mass is 448 g/mol. The molecule has 5 rings (SSSR count). The van der Waals surface area contributed by atoms with Crippen molar-refractivity contribution in [1.29, 1.82) is 0 Å². The fraction of sp³-hybridized carbons (Fsp3) is 0.261. The van der Waals surface area contributed by atoms with Crippen molar-refractivity contribution in [3.8, 4) is 17.3 Å². The summed E-state index contributed by atoms with van der Waals surface area (Å²) in [6.45, 7) is 2.76. The van der Waals surface area contributed by atoms with E-state index in [-0.39, 0.29) is 17.3 Å². The number of carbonyl (C=O) groups excluding carboxylic acids is 1. The largest absolute Gasteiger partial charge is 0.481 e. The van der Waals surface area contributed by atoms with Gasteiger partial charge in [-0.2, -0.15) is 14.5 Å². The van der Waals surface area contributed by atoms with Gasteiger partial charge in [0.1, 0.15) is 0 Å². The first-order valence-electron chi connectivity index (χ1n) is 10.3. The normalized spacial score (nSPS) is 17.6. The van der Waals surface area contributed by atoms with E-state index < -0.39 is 17.3 Å². The number of halogens is 1. The first-order valence-corrected chi connectivity index (χ1v) is 10.3. The minimum absolute atomic E-state index is 0.0296. The summed E-state index contributed by atoms with van der Waals surface area (Å²) >= 11 is 0. The van der Waals surface area contributed by atoms with E-state index in [0.717, 1.165) is 16.7 Å². The van der Waals surface area contributed by atoms with Gasteiger partial charge < -0.3 is 14.2 Å². The molecule has 0 saturated heterocycles. The van der Waals surface area contributed by atoms with Crippen LogP contribution in [-0.2, 0) is 19.0 Å². The highest BCUT2D eigenvalue weighted by Gasteiger charge is 2.42. The first kappa shape index (κ1) is 20.8. The topological polar surface area (TPSA) is 99.2 Å². The second-order valence-electron chi connectivity index (χ2n) is 8.11. The molecule has 0 saturated carbocycles. The van der Waals surface area contributed by atoms with Crippen molar-refractivity contribution in [2.24, 2.45) is 7.05 Å². The van der Waals surface area contributed by atoms with Gasteiger partial charge in [-0.05, 0) is 30.2 Å². The van der Waals surface area contributed by atoms with Crippen LogP contribution in [0.2, 0.25) is 0 Å². The molecule has 9 nitrogen and oxygen atoms in total. The van der Waals surface area contributed by atoms with Crippen molar-refractivity contribution in [2.45, 2.75) is 18.9 Å². The minimum Gasteiger partial charge on any atom is -0.481 e. The molecule has 0 bridgehead atoms. The number of carbonyl (C=O) groups is 1. The van der Waals surface area contributed by atoms with Gasteiger partial charge in [0.15, 0.2) is 0 Å². The quantitative estimate of drug-likeness (QED) is 0.443. The Bertz CT molecular complexity index is 1350. The smallest absolute Gasteiger partial charge is 0.316 e. The molecule has 1 amide bonds. The maximum atomic E-state index is 14.0. The Kier molecular flexibility index (Phi) is 4.92. The molecule has 33 heavy (non-hydrogen) atoms. The van der Waals surface area contributed by atoms with Gasteiger partial charge in [-0.3, -0.25) is 4.79 Å². The molecule has 0 spiro atoms. The number of amides is 1. The molecule has 10 heteroatoms. The van der Waals surface area contributed by atoms with E-state index in [1.165, 1.54) is 12.3 Å². The molecule has 1 unspecified atom stereocenters. The van der Waals surface area contributed by atoms with Crippen molar-refractivity contribution in [3.05, 3.63) is 77.3 Å². The molecular formula is C23H21FN6O3. The van der Waals surface area contributed by atoms with Crippen LogP contribution in [0.1, 0.15) is 34.3 Å². The Balaban J connectivity index is 1.53. The van der Waals surface area contributed by atoms with E-state index in [9.17, 15) is 9.18 Å². The second-order valence-corrected chi connectivity index (χ2v) is 8.11. The first-order chi connectivity index (χ1) is 15.9. The lowest BCUT2D eigenvalue weighted by molar-refractivity contribution is 0.0644. The number of hydrogen-bond donors (Lipinski definition) is 0. The maximum Gasteiger partial charge on any atom is 0.316 e. The molecule has 4 heterocycles. The lowest BCUT2D eigenvalue weighted by Crippen LogP contribution is -2.47. The van der Waals surface area contributed by atoms with Crippen LogP contribution in [0.3, 0.4) is 0 Å². The molecular weight excluding hydrogens is 427 g/mol. The summed E-state index contributed by atoms with van der Waals surface area (Å²) in [6, 6.07) is 11.0. The van der Waals surface area contributed by atoms with Crippen LogP contribution in [0, 0.1) is 5.95 Å². The third-order valence-electron chi connectivity index (χ3n) is 6.05. The zero-order valence-electron chi connectivity index (χ0n) is 18.3. The number of fused-ring (bicyclic) bond motifs is 1. The summed E-state index contributed by atoms with van der Waals surface area (Å²) in [5.41, 5.74) is 2.41. The molecule has 1 atom stereocenters. The van der Waals surface area contributed by atoms with Gasteiger partial charge in [-0.15, -0.1) is 0 Å². The number of pyridine rings is 1. The predicted molar refractivity (Wildman–Crippen MR) is 115 cm³/mol. The molecule has 1 aliphatic heterocycles. The minimum atomic E-state index is -0.736. The van der Waals surface area contributed by atoms with Crippen molar-refractivity contribution >= 4 is 5.91 Å². The fourth-order valence-electron chi connectivity index (χ4n) is 4.45. The van der Waals surface area contributed by atoms with Gasteiger partial charge in [0.2, 0.25) is 17.7 Å². The van der Waals surface area contributed by atoms with E-state index >= 15 is 0 Å². The van der Waals surface area contributed by atoms with Crippen LogP contribution in [0.4, 0.5) is 4.39 Å². The Morgan fingerprint density at radius 3 is 2.82 bits per heavy atom. The van der Waals surface area contributed by atoms with Crippen molar-refractivity contribution in [1.82, 2.24) is 29.8 Å². The summed E-state index contributed by atoms with van der Waals surface area (Å²) in [4.78, 5) is 22.8. The van der Waals surface area contributed by atoms with E-state index in [4.69, 9.17) is 9.26 Å². The molecule has 3 aromatic heterocycles. The molecule has 4 aromatic rings. The molecule has 0 aliphatic carbocycles. The van der Waals surface area contributed by atoms with Crippen molar-refractivity contribution in [3.63, 3.8) is 0 Å². The number of aromatic nitrogens is 5. The van der Waals surface area contributed by atoms with Crippen LogP contribution >= 0.6 is 0 Å². The lowest BCUT2D eigenvalue weighted by atomic mass is 9.72. The van der Waals surface area contributed by atoms with Gasteiger partial charge in [0, 0.05) is 37.3 Å². The zero-order chi connectivity index (χ0) is 23.2. The van der Waals surface area contributed by atoms with E-state index in [0.29, 0.717) is 19.0 Å². The summed E-state index contributed by atoms with van der Waals surface area (Å²) in [6.07, 6.45) is 3.09. The summed E-state index contributed by atoms with van der Waals surface area (Å²) in [5.74, 6) is -0.804. The van der Waals surface area contributed by atoms with Gasteiger partial charge >= 0.3 is 11.8 Å². The number of nitrogens with zero attached hydrogens (tertiary/aromatic N) is 6. The summed E-state index contributed by atoms with van der Waals surface area (Å²) in [7, 11) is 3.40. The van der Waals surface area contributed by atoms with Crippen LogP contribution in [0.5, 0.6) is 5.88 Å². The standard InChI is InChI=1S/C23H21FN6O3/c1-23(17-11-26-29(2)22(17)32-3)13-30(12-14-7-4-5-9-16(14)23)21(31)20-27-19(28-33-20)15-8-6-10-25-18(15)24/h4-11H,12-13H2,1-3H3. The second kappa shape index (κ2) is 7.80. The molecule has 0 radical (unpaired) electrons. The SMILES string of the molecule is COc1c(C2(C)CN(C(=O)c3nc(-c4cccnc4F)no3)Cc3ccccc32)cnn1C. The number of rotatable bonds is 4. The van der Waals surface area contributed by atoms with Crippen LogP contribution in [0.25, 0.3) is 11.4 Å². The van der Waals surface area contributed by atoms with E-state index in [2.05, 4.69) is 33.2 Å².